The molecule has 0 fully saturated rings. The van der Waals surface area contributed by atoms with Gasteiger partial charge in [0.05, 0.1) is 0 Å². The van der Waals surface area contributed by atoms with Gasteiger partial charge in [-0.05, 0) is 0 Å². The Labute approximate surface area is 153 Å². The second kappa shape index (κ2) is 47.6. The quantitative estimate of drug-likeness (QED) is 0.378. The van der Waals surface area contributed by atoms with Crippen LogP contribution in [0.3, 0.4) is 0 Å². The molecule has 0 saturated carbocycles. The van der Waals surface area contributed by atoms with Crippen molar-refractivity contribution in [3.63, 3.8) is 0 Å². The molecule has 0 rings (SSSR count). The molecule has 0 aromatic heterocycles. The van der Waals surface area contributed by atoms with Gasteiger partial charge in [0, 0.05) is 0 Å². The number of halogens is 5. The van der Waals surface area contributed by atoms with Crippen molar-refractivity contribution in [2.75, 3.05) is 0 Å². The fraction of sp³-hybridized carbons (Fsp3) is 0. The van der Waals surface area contributed by atoms with E-state index in [0.717, 1.165) is 0 Å². The first-order valence-corrected chi connectivity index (χ1v) is 0. The molecule has 0 amide bonds. The Hall–Kier alpha value is 4.39. The van der Waals surface area contributed by atoms with Gasteiger partial charge in [-0.1, -0.05) is 0 Å². The molecular formula is Cl5CsZr. The predicted octanol–water partition coefficient (Wildman–Crippen LogP) is -18.0. The Kier molecular flexibility index (Phi) is 434. The van der Waals surface area contributed by atoms with Crippen LogP contribution in [0.4, 0.5) is 0 Å². The zero-order valence-electron chi connectivity index (χ0n) is 3.39. The van der Waals surface area contributed by atoms with Gasteiger partial charge in [0.15, 0.2) is 0 Å². The molecule has 0 aliphatic heterocycles. The van der Waals surface area contributed by atoms with Crippen LogP contribution in [0, 0.1) is 0 Å². The molecule has 0 aliphatic carbocycles. The van der Waals surface area contributed by atoms with Crippen LogP contribution in [0.1, 0.15) is 0 Å². The largest absolute Gasteiger partial charge is 4.00 e. The molecule has 0 heterocycles. The summed E-state index contributed by atoms with van der Waals surface area (Å²) < 4.78 is 0. The van der Waals surface area contributed by atoms with Crippen molar-refractivity contribution in [1.29, 1.82) is 0 Å². The minimum absolute atomic E-state index is 0. The normalized spacial score (nSPS) is 0. The molecule has 0 aromatic carbocycles. The van der Waals surface area contributed by atoms with Crippen LogP contribution in [0.25, 0.3) is 0 Å². The van der Waals surface area contributed by atoms with E-state index in [1.165, 1.54) is 0 Å². The summed E-state index contributed by atoms with van der Waals surface area (Å²) in [6, 6.07) is 0. The summed E-state index contributed by atoms with van der Waals surface area (Å²) in [6.45, 7) is 0. The van der Waals surface area contributed by atoms with Crippen molar-refractivity contribution < 1.29 is 157 Å². The van der Waals surface area contributed by atoms with E-state index in [2.05, 4.69) is 0 Å². The van der Waals surface area contributed by atoms with Crippen LogP contribution in [0.5, 0.6) is 0 Å². The maximum atomic E-state index is 0. The zero-order chi connectivity index (χ0) is 0. The minimum atomic E-state index is 0. The van der Waals surface area contributed by atoms with E-state index in [1.807, 2.05) is 0 Å². The predicted molar refractivity (Wildman–Crippen MR) is 0 cm³/mol. The van der Waals surface area contributed by atoms with E-state index in [9.17, 15) is 0 Å². The second-order valence-electron chi connectivity index (χ2n) is 0. The van der Waals surface area contributed by atoms with Gasteiger partial charge in [-0.15, -0.1) is 0 Å². The van der Waals surface area contributed by atoms with Gasteiger partial charge in [0.25, 0.3) is 0 Å². The summed E-state index contributed by atoms with van der Waals surface area (Å²) in [4.78, 5) is 0. The minimum Gasteiger partial charge on any atom is -1.00 e. The van der Waals surface area contributed by atoms with Gasteiger partial charge in [-0.3, -0.25) is 0 Å². The molecule has 0 bridgehead atoms. The molecule has 0 unspecified atom stereocenters. The van der Waals surface area contributed by atoms with Crippen LogP contribution in [0.2, 0.25) is 0 Å². The first-order valence-electron chi connectivity index (χ1n) is 0. The summed E-state index contributed by atoms with van der Waals surface area (Å²) in [5.74, 6) is 0. The second-order valence-corrected chi connectivity index (χ2v) is 0. The smallest absolute Gasteiger partial charge is 1.00 e. The van der Waals surface area contributed by atoms with E-state index in [0.29, 0.717) is 0 Å². The average molecular weight is 401 g/mol. The Bertz CT molecular complexity index is 8.04. The molecule has 7 heteroatoms. The van der Waals surface area contributed by atoms with Crippen molar-refractivity contribution in [1.82, 2.24) is 0 Å². The standard InChI is InChI=1S/5ClH.Cs.Zr/h5*1H;;/q;;;;;+1;+4/p-5. The molecule has 0 N–H and O–H groups in total. The summed E-state index contributed by atoms with van der Waals surface area (Å²) in [5, 5.41) is 0. The summed E-state index contributed by atoms with van der Waals surface area (Å²) in [6.07, 6.45) is 0. The molecule has 0 nitrogen and oxygen atoms in total. The van der Waals surface area contributed by atoms with Crippen LogP contribution >= 0.6 is 0 Å². The first kappa shape index (κ1) is 63.9. The summed E-state index contributed by atoms with van der Waals surface area (Å²) in [7, 11) is 0. The SMILES string of the molecule is [Cl-].[Cl-].[Cl-].[Cl-].[Cl-].[Cs+].[Zr+4]. The number of hydrogen-bond acceptors (Lipinski definition) is 0. The van der Waals surface area contributed by atoms with Gasteiger partial charge < -0.3 is 62.0 Å². The molecule has 0 aliphatic rings. The zero-order valence-corrected chi connectivity index (χ0v) is 15.9. The third kappa shape index (κ3) is 38.0. The number of rotatable bonds is 0. The van der Waals surface area contributed by atoms with Gasteiger partial charge in [0.2, 0.25) is 0 Å². The van der Waals surface area contributed by atoms with Gasteiger partial charge in [-0.25, -0.2) is 0 Å². The molecular weight excluding hydrogens is 401 g/mol. The van der Waals surface area contributed by atoms with Gasteiger partial charge in [-0.2, -0.15) is 0 Å². The summed E-state index contributed by atoms with van der Waals surface area (Å²) >= 11 is 0. The Balaban J connectivity index is 0. The Morgan fingerprint density at radius 3 is 0.429 bits per heavy atom. The molecule has 0 saturated heterocycles. The third-order valence-electron chi connectivity index (χ3n) is 0. The summed E-state index contributed by atoms with van der Waals surface area (Å²) in [5.41, 5.74) is 0. The topological polar surface area (TPSA) is 0 Å². The molecule has 40 valence electrons. The number of hydrogen-bond donors (Lipinski definition) is 0. The van der Waals surface area contributed by atoms with Crippen LogP contribution < -0.4 is 131 Å². The fourth-order valence-electron chi connectivity index (χ4n) is 0. The van der Waals surface area contributed by atoms with Crippen molar-refractivity contribution in [2.24, 2.45) is 0 Å². The van der Waals surface area contributed by atoms with Crippen molar-refractivity contribution in [3.8, 4) is 0 Å². The van der Waals surface area contributed by atoms with Crippen LogP contribution in [-0.4, -0.2) is 0 Å². The van der Waals surface area contributed by atoms with Gasteiger partial charge >= 0.3 is 95.1 Å². The van der Waals surface area contributed by atoms with Crippen molar-refractivity contribution in [3.05, 3.63) is 0 Å². The molecule has 0 aromatic rings. The van der Waals surface area contributed by atoms with Gasteiger partial charge in [0.1, 0.15) is 0 Å². The Morgan fingerprint density at radius 1 is 0.429 bits per heavy atom. The average Bonchev–Trinajstić information content (AvgIpc) is 0. The molecule has 0 spiro atoms. The third-order valence-corrected chi connectivity index (χ3v) is 0. The van der Waals surface area contributed by atoms with E-state index < -0.39 is 0 Å². The van der Waals surface area contributed by atoms with Crippen LogP contribution in [0.15, 0.2) is 0 Å². The van der Waals surface area contributed by atoms with E-state index in [4.69, 9.17) is 0 Å². The van der Waals surface area contributed by atoms with Crippen LogP contribution in [-0.2, 0) is 26.2 Å². The van der Waals surface area contributed by atoms with E-state index >= 15 is 0 Å². The van der Waals surface area contributed by atoms with Crippen molar-refractivity contribution >= 4 is 0 Å². The maximum Gasteiger partial charge on any atom is 4.00 e. The Morgan fingerprint density at radius 2 is 0.429 bits per heavy atom. The van der Waals surface area contributed by atoms with Crippen molar-refractivity contribution in [2.45, 2.75) is 0 Å². The molecule has 0 radical (unpaired) electrons. The van der Waals surface area contributed by atoms with E-state index in [1.54, 1.807) is 0 Å². The maximum absolute atomic E-state index is 0. The molecule has 7 heavy (non-hydrogen) atoms. The fourth-order valence-corrected chi connectivity index (χ4v) is 0. The van der Waals surface area contributed by atoms with E-state index in [-0.39, 0.29) is 157 Å². The monoisotopic (exact) mass is 398 g/mol. The first-order chi connectivity index (χ1) is 0. The molecule has 0 atom stereocenters.